The van der Waals surface area contributed by atoms with E-state index in [-0.39, 0.29) is 24.1 Å². The Morgan fingerprint density at radius 2 is 1.96 bits per heavy atom. The van der Waals surface area contributed by atoms with Crippen molar-refractivity contribution in [3.05, 3.63) is 29.3 Å². The van der Waals surface area contributed by atoms with E-state index < -0.39 is 6.04 Å². The second-order valence-electron chi connectivity index (χ2n) is 7.52. The lowest BCUT2D eigenvalue weighted by molar-refractivity contribution is -0.136. The molecule has 4 rings (SSSR count). The lowest BCUT2D eigenvalue weighted by Crippen LogP contribution is -2.52. The number of nitrogens with one attached hydrogen (secondary N) is 1. The number of halogens is 1. The molecule has 1 aromatic rings. The van der Waals surface area contributed by atoms with E-state index in [4.69, 9.17) is 4.18 Å². The Morgan fingerprint density at radius 3 is 2.68 bits per heavy atom. The topological polar surface area (TPSA) is 79.0 Å². The van der Waals surface area contributed by atoms with Crippen LogP contribution in [0.5, 0.6) is 0 Å². The molecule has 2 fully saturated rings. The van der Waals surface area contributed by atoms with Crippen molar-refractivity contribution in [1.82, 2.24) is 10.2 Å². The zero-order valence-corrected chi connectivity index (χ0v) is 18.3. The van der Waals surface area contributed by atoms with Gasteiger partial charge in [-0.05, 0) is 48.9 Å². The van der Waals surface area contributed by atoms with Crippen molar-refractivity contribution in [3.8, 4) is 0 Å². The largest absolute Gasteiger partial charge is 0.372 e. The number of fused-ring (bicyclic) bond motifs is 1. The number of imide groups is 1. The van der Waals surface area contributed by atoms with E-state index in [2.05, 4.69) is 37.5 Å². The van der Waals surface area contributed by atoms with Crippen molar-refractivity contribution in [2.45, 2.75) is 38.3 Å². The summed E-state index contributed by atoms with van der Waals surface area (Å²) in [6, 6.07) is 5.40. The fraction of sp³-hybridized carbons (Fsp3) is 0.526. The number of carbonyl (C=O) groups is 3. The average molecular weight is 515 g/mol. The molecule has 3 aliphatic rings. The highest BCUT2D eigenvalue weighted by atomic mass is 127. The van der Waals surface area contributed by atoms with Crippen LogP contribution in [0.15, 0.2) is 18.2 Å². The molecular weight excluding hydrogens is 493 g/mol. The summed E-state index contributed by atoms with van der Waals surface area (Å²) in [4.78, 5) is 40.3. The predicted molar refractivity (Wildman–Crippen MR) is 115 cm³/mol. The third-order valence-corrected chi connectivity index (χ3v) is 6.82. The fourth-order valence-electron chi connectivity index (χ4n) is 4.24. The molecule has 3 aliphatic heterocycles. The second-order valence-corrected chi connectivity index (χ2v) is 8.96. The number of amides is 3. The van der Waals surface area contributed by atoms with Crippen molar-refractivity contribution in [3.63, 3.8) is 0 Å². The predicted octanol–water partition coefficient (Wildman–Crippen LogP) is 2.68. The van der Waals surface area contributed by atoms with Gasteiger partial charge in [0, 0.05) is 58.5 Å². The molecule has 0 saturated carbocycles. The summed E-state index contributed by atoms with van der Waals surface area (Å²) < 4.78 is 5.46. The Hall–Kier alpha value is -1.33. The Kier molecular flexibility index (Phi) is 6.12. The molecule has 0 spiro atoms. The van der Waals surface area contributed by atoms with E-state index in [1.54, 1.807) is 4.90 Å². The molecule has 28 heavy (non-hydrogen) atoms. The highest BCUT2D eigenvalue weighted by Crippen LogP contribution is 2.32. The first kappa shape index (κ1) is 20.0. The molecule has 0 bridgehead atoms. The van der Waals surface area contributed by atoms with Crippen LogP contribution in [0.4, 0.5) is 5.69 Å². The molecule has 7 nitrogen and oxygen atoms in total. The quantitative estimate of drug-likeness (QED) is 0.369. The molecule has 1 atom stereocenters. The van der Waals surface area contributed by atoms with E-state index in [0.29, 0.717) is 24.4 Å². The first-order valence-electron chi connectivity index (χ1n) is 9.49. The highest BCUT2D eigenvalue weighted by molar-refractivity contribution is 14.2. The summed E-state index contributed by atoms with van der Waals surface area (Å²) in [6.07, 6.45) is 2.85. The molecule has 1 aromatic carbocycles. The van der Waals surface area contributed by atoms with Gasteiger partial charge >= 0.3 is 0 Å². The van der Waals surface area contributed by atoms with Gasteiger partial charge in [-0.15, -0.1) is 0 Å². The number of benzene rings is 1. The van der Waals surface area contributed by atoms with Crippen molar-refractivity contribution >= 4 is 53.8 Å². The van der Waals surface area contributed by atoms with Crippen LogP contribution >= 0.6 is 30.4 Å². The summed E-state index contributed by atoms with van der Waals surface area (Å²) in [6.45, 7) is 3.17. The van der Waals surface area contributed by atoms with Gasteiger partial charge in [0.15, 0.2) is 0 Å². The first-order valence-corrected chi connectivity index (χ1v) is 12.8. The Morgan fingerprint density at radius 1 is 1.18 bits per heavy atom. The van der Waals surface area contributed by atoms with Crippen LogP contribution in [0.25, 0.3) is 0 Å². The number of anilines is 1. The van der Waals surface area contributed by atoms with Gasteiger partial charge in [-0.25, -0.2) is 0 Å². The summed E-state index contributed by atoms with van der Waals surface area (Å²) in [5.41, 5.74) is 2.74. The van der Waals surface area contributed by atoms with Gasteiger partial charge < -0.3 is 14.0 Å². The van der Waals surface area contributed by atoms with Crippen molar-refractivity contribution in [1.29, 1.82) is 0 Å². The van der Waals surface area contributed by atoms with E-state index >= 15 is 0 Å². The van der Waals surface area contributed by atoms with Gasteiger partial charge in [0.25, 0.3) is 5.91 Å². The number of hydrogen-bond donors (Lipinski definition) is 1. The van der Waals surface area contributed by atoms with Crippen LogP contribution in [0.1, 0.15) is 41.6 Å². The molecule has 0 radical (unpaired) electrons. The molecule has 150 valence electrons. The van der Waals surface area contributed by atoms with Crippen molar-refractivity contribution in [2.75, 3.05) is 24.6 Å². The van der Waals surface area contributed by atoms with E-state index in [1.165, 1.54) is 9.21 Å². The third-order valence-electron chi connectivity index (χ3n) is 5.84. The molecule has 0 aliphatic carbocycles. The number of carbonyl (C=O) groups excluding carboxylic acids is 3. The molecule has 2 saturated heterocycles. The summed E-state index contributed by atoms with van der Waals surface area (Å²) in [5, 5.41) is 2.34. The third kappa shape index (κ3) is 4.02. The van der Waals surface area contributed by atoms with E-state index in [0.717, 1.165) is 43.8 Å². The summed E-state index contributed by atoms with van der Waals surface area (Å²) >= 11 is 2.15. The molecule has 3 heterocycles. The van der Waals surface area contributed by atoms with Crippen LogP contribution in [-0.4, -0.2) is 48.4 Å². The molecule has 1 N–H and O–H groups in total. The monoisotopic (exact) mass is 515 g/mol. The minimum Gasteiger partial charge on any atom is -0.372 e. The van der Waals surface area contributed by atoms with Crippen LogP contribution in [0, 0.1) is 5.92 Å². The van der Waals surface area contributed by atoms with E-state index in [9.17, 15) is 14.4 Å². The maximum atomic E-state index is 12.8. The zero-order valence-electron chi connectivity index (χ0n) is 15.4. The number of piperidine rings is 2. The maximum absolute atomic E-state index is 12.8. The molecule has 9 heteroatoms. The summed E-state index contributed by atoms with van der Waals surface area (Å²) in [7, 11) is 1.39. The lowest BCUT2D eigenvalue weighted by atomic mass is 9.97. The van der Waals surface area contributed by atoms with Gasteiger partial charge in [-0.2, -0.15) is 0 Å². The van der Waals surface area contributed by atoms with Gasteiger partial charge in [-0.3, -0.25) is 19.7 Å². The number of nitrogens with zero attached hydrogens (tertiary/aromatic N) is 2. The number of hydrogen-bond acceptors (Lipinski definition) is 6. The fourth-order valence-corrected chi connectivity index (χ4v) is 4.92. The van der Waals surface area contributed by atoms with Gasteiger partial charge in [-0.1, -0.05) is 0 Å². The van der Waals surface area contributed by atoms with Crippen molar-refractivity contribution < 1.29 is 18.6 Å². The van der Waals surface area contributed by atoms with Crippen LogP contribution in [-0.2, 0) is 20.3 Å². The smallest absolute Gasteiger partial charge is 0.255 e. The Labute approximate surface area is 180 Å². The van der Waals surface area contributed by atoms with Gasteiger partial charge in [0.05, 0.1) is 15.8 Å². The van der Waals surface area contributed by atoms with Gasteiger partial charge in [0.2, 0.25) is 11.8 Å². The molecular formula is C19H22IN3O4S. The molecule has 1 unspecified atom stereocenters. The van der Waals surface area contributed by atoms with Crippen LogP contribution in [0.2, 0.25) is 0 Å². The normalized spacial score (nSPS) is 23.2. The lowest BCUT2D eigenvalue weighted by Gasteiger charge is -2.33. The minimum atomic E-state index is -0.562. The second kappa shape index (κ2) is 8.58. The molecule has 0 aromatic heterocycles. The maximum Gasteiger partial charge on any atom is 0.255 e. The van der Waals surface area contributed by atoms with Gasteiger partial charge in [0.1, 0.15) is 6.04 Å². The van der Waals surface area contributed by atoms with E-state index in [1.807, 2.05) is 12.1 Å². The first-order chi connectivity index (χ1) is 13.6. The highest BCUT2D eigenvalue weighted by Gasteiger charge is 2.39. The van der Waals surface area contributed by atoms with Crippen LogP contribution < -0.4 is 10.2 Å². The number of rotatable bonds is 5. The molecule has 3 amide bonds. The zero-order chi connectivity index (χ0) is 19.7. The SMILES string of the molecule is O=C1CCC(N2Cc3cc(N4CCC(COSI)CC4)ccc3C2=O)C(=O)N1. The summed E-state index contributed by atoms with van der Waals surface area (Å²) in [5.74, 6) is -0.161. The van der Waals surface area contributed by atoms with Crippen LogP contribution in [0.3, 0.4) is 0 Å². The Balaban J connectivity index is 1.43. The average Bonchev–Trinajstić information content (AvgIpc) is 3.02. The minimum absolute atomic E-state index is 0.122. The Bertz CT molecular complexity index is 797. The van der Waals surface area contributed by atoms with Crippen molar-refractivity contribution in [2.24, 2.45) is 5.92 Å². The standard InChI is InChI=1S/C19H22IN3O4S/c20-28-27-11-12-5-7-22(8-6-12)14-1-2-15-13(9-14)10-23(19(15)26)16-3-4-17(24)21-18(16)25/h1-2,9,12,16H,3-8,10-11H2,(H,21,24,25).